The van der Waals surface area contributed by atoms with Gasteiger partial charge in [0.05, 0.1) is 5.69 Å². The van der Waals surface area contributed by atoms with Crippen LogP contribution in [0.5, 0.6) is 0 Å². The monoisotopic (exact) mass is 542 g/mol. The summed E-state index contributed by atoms with van der Waals surface area (Å²) < 4.78 is 0.698. The molecule has 4 atom stereocenters. The van der Waals surface area contributed by atoms with Gasteiger partial charge in [0.15, 0.2) is 21.2 Å². The Morgan fingerprint density at radius 3 is 2.76 bits per heavy atom. The van der Waals surface area contributed by atoms with Gasteiger partial charge in [-0.1, -0.05) is 23.1 Å². The second kappa shape index (κ2) is 9.77. The largest absolute Gasteiger partial charge is 0.479 e. The number of urea groups is 1. The van der Waals surface area contributed by atoms with Gasteiger partial charge in [-0.3, -0.25) is 15.0 Å². The van der Waals surface area contributed by atoms with E-state index >= 15 is 0 Å². The molecule has 2 aromatic heterocycles. The number of aromatic nitrogens is 3. The van der Waals surface area contributed by atoms with Crippen molar-refractivity contribution in [2.24, 2.45) is 5.73 Å². The SMILES string of the molecule is Cc1nnc(SCC2=CSC3[C@H](NC(=O)C(NC(N)=O)c4csc(=N)[nH]4)C(=O)N3C2C(=O)O)s1. The van der Waals surface area contributed by atoms with E-state index < -0.39 is 47.3 Å². The number of thiazole rings is 1. The fraction of sp³-hybridized carbons (Fsp3) is 0.353. The summed E-state index contributed by atoms with van der Waals surface area (Å²) in [6.45, 7) is 1.82. The van der Waals surface area contributed by atoms with Crippen molar-refractivity contribution in [2.45, 2.75) is 34.8 Å². The number of rotatable bonds is 8. The maximum atomic E-state index is 12.9. The van der Waals surface area contributed by atoms with Gasteiger partial charge in [0.2, 0.25) is 11.8 Å². The van der Waals surface area contributed by atoms with Crippen LogP contribution in [0.3, 0.4) is 0 Å². The van der Waals surface area contributed by atoms with Crippen molar-refractivity contribution in [1.82, 2.24) is 30.7 Å². The number of aromatic amines is 1. The zero-order valence-electron chi connectivity index (χ0n) is 17.3. The third-order valence-corrected chi connectivity index (χ3v) is 8.86. The van der Waals surface area contributed by atoms with Crippen LogP contribution in [0.25, 0.3) is 0 Å². The number of fused-ring (bicyclic) bond motifs is 1. The number of β-lactam (4-membered cyclic amide) rings is 1. The summed E-state index contributed by atoms with van der Waals surface area (Å²) in [7, 11) is 0. The van der Waals surface area contributed by atoms with E-state index in [-0.39, 0.29) is 10.5 Å². The highest BCUT2D eigenvalue weighted by Crippen LogP contribution is 2.41. The summed E-state index contributed by atoms with van der Waals surface area (Å²) in [5.74, 6) is -2.11. The molecule has 0 bridgehead atoms. The quantitative estimate of drug-likeness (QED) is 0.195. The van der Waals surface area contributed by atoms with E-state index in [1.54, 1.807) is 5.41 Å². The molecule has 34 heavy (non-hydrogen) atoms. The maximum Gasteiger partial charge on any atom is 0.330 e. The predicted octanol–water partition coefficient (Wildman–Crippen LogP) is -0.0457. The van der Waals surface area contributed by atoms with Crippen LogP contribution in [0.1, 0.15) is 16.7 Å². The molecule has 0 spiro atoms. The molecule has 13 nitrogen and oxygen atoms in total. The van der Waals surface area contributed by atoms with Gasteiger partial charge >= 0.3 is 12.0 Å². The summed E-state index contributed by atoms with van der Waals surface area (Å²) in [5, 5.41) is 33.6. The molecule has 17 heteroatoms. The zero-order valence-corrected chi connectivity index (χ0v) is 20.6. The zero-order chi connectivity index (χ0) is 24.6. The van der Waals surface area contributed by atoms with Crippen LogP contribution in [0, 0.1) is 12.3 Å². The molecule has 7 N–H and O–H groups in total. The van der Waals surface area contributed by atoms with Crippen molar-refractivity contribution in [1.29, 1.82) is 5.41 Å². The fourth-order valence-electron chi connectivity index (χ4n) is 3.43. The number of nitrogens with two attached hydrogens (primary N) is 1. The summed E-state index contributed by atoms with van der Waals surface area (Å²) >= 11 is 4.99. The van der Waals surface area contributed by atoms with Crippen LogP contribution >= 0.6 is 46.2 Å². The normalized spacial score (nSPS) is 22.3. The molecule has 2 aromatic rings. The van der Waals surface area contributed by atoms with E-state index in [1.807, 2.05) is 6.92 Å². The summed E-state index contributed by atoms with van der Waals surface area (Å²) in [6.07, 6.45) is 0. The summed E-state index contributed by atoms with van der Waals surface area (Å²) in [6, 6.07) is -4.34. The molecule has 2 aliphatic rings. The molecule has 4 heterocycles. The van der Waals surface area contributed by atoms with E-state index in [2.05, 4.69) is 25.8 Å². The lowest BCUT2D eigenvalue weighted by Crippen LogP contribution is -2.74. The smallest absolute Gasteiger partial charge is 0.330 e. The maximum absolute atomic E-state index is 12.9. The molecule has 2 aliphatic heterocycles. The Morgan fingerprint density at radius 2 is 2.18 bits per heavy atom. The Labute approximate surface area is 208 Å². The number of amides is 4. The van der Waals surface area contributed by atoms with Crippen LogP contribution in [-0.2, 0) is 14.4 Å². The lowest BCUT2D eigenvalue weighted by molar-refractivity contribution is -0.160. The third kappa shape index (κ3) is 4.82. The number of aryl methyl sites for hydroxylation is 1. The highest BCUT2D eigenvalue weighted by molar-refractivity contribution is 8.03. The van der Waals surface area contributed by atoms with Gasteiger partial charge in [0, 0.05) is 11.1 Å². The number of carbonyl (C=O) groups excluding carboxylic acids is 3. The van der Waals surface area contributed by atoms with Crippen LogP contribution in [0.4, 0.5) is 4.79 Å². The molecule has 0 aromatic carbocycles. The molecular weight excluding hydrogens is 525 g/mol. The highest BCUT2D eigenvalue weighted by atomic mass is 32.2. The van der Waals surface area contributed by atoms with Gasteiger partial charge in [-0.15, -0.1) is 33.3 Å². The van der Waals surface area contributed by atoms with Gasteiger partial charge in [-0.25, -0.2) is 9.59 Å². The molecule has 3 unspecified atom stereocenters. The Kier molecular flexibility index (Phi) is 6.96. The van der Waals surface area contributed by atoms with Crippen molar-refractivity contribution in [2.75, 3.05) is 5.75 Å². The minimum atomic E-state index is -1.24. The van der Waals surface area contributed by atoms with E-state index in [4.69, 9.17) is 11.1 Å². The molecule has 1 saturated heterocycles. The number of primary amides is 1. The second-order valence-corrected chi connectivity index (χ2v) is 11.4. The van der Waals surface area contributed by atoms with Crippen LogP contribution in [0.15, 0.2) is 20.7 Å². The first-order chi connectivity index (χ1) is 16.2. The average molecular weight is 543 g/mol. The number of hydrogen-bond donors (Lipinski definition) is 6. The number of thioether (sulfide) groups is 2. The molecule has 1 fully saturated rings. The molecule has 4 amide bonds. The lowest BCUT2D eigenvalue weighted by Gasteiger charge is -2.51. The first-order valence-electron chi connectivity index (χ1n) is 9.56. The van der Waals surface area contributed by atoms with Crippen molar-refractivity contribution in [3.8, 4) is 0 Å². The number of nitrogens with zero attached hydrogens (tertiary/aromatic N) is 3. The Hall–Kier alpha value is -2.89. The lowest BCUT2D eigenvalue weighted by atomic mass is 9.98. The standard InChI is InChI=1S/C17H18N8O5S4/c1-5-23-24-17(34-5)33-3-6-2-31-13-9(12(27)25(13)10(6)14(28)29)21-11(26)8(22-15(18)30)7-4-32-16(19)20-7/h2,4,8-10,13H,3H2,1H3,(H2,19,20)(H,21,26)(H,28,29)(H3,18,22,30)/t8?,9-,10?,13?/m1/s1. The van der Waals surface area contributed by atoms with Gasteiger partial charge < -0.3 is 31.4 Å². The predicted molar refractivity (Wildman–Crippen MR) is 125 cm³/mol. The van der Waals surface area contributed by atoms with E-state index in [0.29, 0.717) is 15.7 Å². The molecule has 4 rings (SSSR count). The molecule has 0 saturated carbocycles. The molecular formula is C17H18N8O5S4. The second-order valence-electron chi connectivity index (χ2n) is 7.15. The Balaban J connectivity index is 1.47. The highest BCUT2D eigenvalue weighted by Gasteiger charge is 2.56. The first-order valence-corrected chi connectivity index (χ1v) is 13.2. The minimum absolute atomic E-state index is 0.0660. The van der Waals surface area contributed by atoms with Gasteiger partial charge in [-0.2, -0.15) is 0 Å². The molecule has 180 valence electrons. The third-order valence-electron chi connectivity index (χ3n) is 4.89. The van der Waals surface area contributed by atoms with Crippen LogP contribution in [0.2, 0.25) is 0 Å². The van der Waals surface area contributed by atoms with Crippen molar-refractivity contribution in [3.63, 3.8) is 0 Å². The summed E-state index contributed by atoms with van der Waals surface area (Å²) in [5.41, 5.74) is 5.95. The number of carbonyl (C=O) groups is 4. The molecule has 0 radical (unpaired) electrons. The van der Waals surface area contributed by atoms with Crippen LogP contribution in [-0.4, -0.2) is 72.2 Å². The average Bonchev–Trinajstić information content (AvgIpc) is 3.40. The van der Waals surface area contributed by atoms with Crippen molar-refractivity contribution < 1.29 is 24.3 Å². The van der Waals surface area contributed by atoms with Crippen LogP contribution < -0.4 is 21.2 Å². The number of carboxylic acid groups (broad SMARTS) is 1. The number of carboxylic acids is 1. The number of aliphatic carboxylic acids is 1. The Morgan fingerprint density at radius 1 is 1.41 bits per heavy atom. The number of H-pyrrole nitrogens is 1. The summed E-state index contributed by atoms with van der Waals surface area (Å²) in [4.78, 5) is 53.1. The van der Waals surface area contributed by atoms with Gasteiger partial charge in [0.25, 0.3) is 0 Å². The number of hydrogen-bond acceptors (Lipinski definition) is 11. The Bertz CT molecular complexity index is 1240. The minimum Gasteiger partial charge on any atom is -0.479 e. The van der Waals surface area contributed by atoms with E-state index in [1.165, 1.54) is 45.1 Å². The van der Waals surface area contributed by atoms with E-state index in [9.17, 15) is 24.3 Å². The fourth-order valence-corrected chi connectivity index (χ4v) is 7.19. The first kappa shape index (κ1) is 24.2. The van der Waals surface area contributed by atoms with Gasteiger partial charge in [0.1, 0.15) is 16.4 Å². The van der Waals surface area contributed by atoms with Crippen molar-refractivity contribution >= 4 is 70.0 Å². The van der Waals surface area contributed by atoms with Crippen molar-refractivity contribution in [3.05, 3.63) is 31.9 Å². The number of nitrogens with one attached hydrogen (secondary N) is 4. The van der Waals surface area contributed by atoms with Gasteiger partial charge in [-0.05, 0) is 17.9 Å². The van der Waals surface area contributed by atoms with E-state index in [0.717, 1.165) is 16.3 Å². The topological polar surface area (TPSA) is 207 Å². The molecule has 0 aliphatic carbocycles.